The Balaban J connectivity index is 1.26. The van der Waals surface area contributed by atoms with E-state index in [0.717, 1.165) is 0 Å². The maximum absolute atomic E-state index is 13.8. The molecule has 1 aliphatic heterocycles. The number of halogens is 2. The minimum Gasteiger partial charge on any atom is -0.391 e. The van der Waals surface area contributed by atoms with Crippen LogP contribution in [0.15, 0.2) is 0 Å². The summed E-state index contributed by atoms with van der Waals surface area (Å²) in [5, 5.41) is 16.5. The fourth-order valence-electron chi connectivity index (χ4n) is 5.48. The van der Waals surface area contributed by atoms with Crippen molar-refractivity contribution in [1.82, 2.24) is 16.1 Å². The number of nitrogens with one attached hydrogen (secondary N) is 3. The third-order valence-corrected chi connectivity index (χ3v) is 7.96. The van der Waals surface area contributed by atoms with Gasteiger partial charge in [0.15, 0.2) is 6.10 Å². The predicted octanol–water partition coefficient (Wildman–Crippen LogP) is 1.23. The van der Waals surface area contributed by atoms with Crippen LogP contribution in [0, 0.1) is 0 Å². The molecule has 0 aromatic heterocycles. The summed E-state index contributed by atoms with van der Waals surface area (Å²) in [6.45, 7) is 1.79. The van der Waals surface area contributed by atoms with Gasteiger partial charge in [-0.2, -0.15) is 5.48 Å². The number of hydrogen-bond acceptors (Lipinski definition) is 6. The largest absolute Gasteiger partial charge is 0.391 e. The number of carbonyl (C=O) groups is 2. The number of fused-ring (bicyclic) bond motifs is 3. The molecule has 4 N–H and O–H groups in total. The number of ether oxygens (including phenoxy) is 1. The molecule has 5 unspecified atom stereocenters. The Morgan fingerprint density at radius 2 is 1.97 bits per heavy atom. The quantitative estimate of drug-likeness (QED) is 0.443. The Morgan fingerprint density at radius 3 is 2.58 bits per heavy atom. The van der Waals surface area contributed by atoms with Crippen LogP contribution in [0.5, 0.6) is 0 Å². The first kappa shape index (κ1) is 23.2. The smallest absolute Gasteiger partial charge is 0.251 e. The van der Waals surface area contributed by atoms with Gasteiger partial charge in [0.2, 0.25) is 5.91 Å². The van der Waals surface area contributed by atoms with Crippen LogP contribution >= 0.6 is 11.6 Å². The normalized spacial score (nSPS) is 44.8. The Morgan fingerprint density at radius 1 is 1.23 bits per heavy atom. The van der Waals surface area contributed by atoms with Gasteiger partial charge in [-0.05, 0) is 51.9 Å². The van der Waals surface area contributed by atoms with Crippen molar-refractivity contribution in [2.45, 2.75) is 112 Å². The predicted molar refractivity (Wildman–Crippen MR) is 111 cm³/mol. The first-order chi connectivity index (χ1) is 14.7. The van der Waals surface area contributed by atoms with Crippen molar-refractivity contribution in [2.75, 3.05) is 6.61 Å². The van der Waals surface area contributed by atoms with Crippen LogP contribution in [-0.2, 0) is 19.2 Å². The summed E-state index contributed by atoms with van der Waals surface area (Å²) in [6, 6.07) is 0.127. The van der Waals surface area contributed by atoms with E-state index in [-0.39, 0.29) is 37.0 Å². The van der Waals surface area contributed by atoms with Gasteiger partial charge in [0.05, 0.1) is 23.1 Å². The van der Waals surface area contributed by atoms with E-state index in [4.69, 9.17) is 21.2 Å². The molecule has 176 valence electrons. The Labute approximate surface area is 186 Å². The number of aliphatic hydroxyl groups is 1. The van der Waals surface area contributed by atoms with E-state index in [1.54, 1.807) is 0 Å². The first-order valence-corrected chi connectivity index (χ1v) is 11.8. The number of aliphatic hydroxyl groups excluding tert-OH is 1. The molecule has 5 fully saturated rings. The second-order valence-electron chi connectivity index (χ2n) is 9.83. The highest BCUT2D eigenvalue weighted by atomic mass is 35.5. The van der Waals surface area contributed by atoms with Crippen LogP contribution in [0.2, 0.25) is 0 Å². The van der Waals surface area contributed by atoms with E-state index >= 15 is 0 Å². The second-order valence-corrected chi connectivity index (χ2v) is 10.4. The molecule has 0 spiro atoms. The molecule has 5 aliphatic rings. The highest BCUT2D eigenvalue weighted by molar-refractivity contribution is 6.21. The Bertz CT molecular complexity index is 690. The topological polar surface area (TPSA) is 109 Å². The van der Waals surface area contributed by atoms with Crippen LogP contribution in [0.25, 0.3) is 0 Å². The average Bonchev–Trinajstić information content (AvgIpc) is 3.17. The summed E-state index contributed by atoms with van der Waals surface area (Å²) in [7, 11) is 0. The molecule has 2 amide bonds. The minimum absolute atomic E-state index is 0.127. The molecule has 5 rings (SSSR count). The molecule has 1 saturated heterocycles. The second kappa shape index (κ2) is 9.09. The van der Waals surface area contributed by atoms with Crippen LogP contribution < -0.4 is 16.1 Å². The molecule has 1 heterocycles. The lowest BCUT2D eigenvalue weighted by Gasteiger charge is -2.56. The molecule has 31 heavy (non-hydrogen) atoms. The molecule has 8 nitrogen and oxygen atoms in total. The van der Waals surface area contributed by atoms with E-state index in [2.05, 4.69) is 16.1 Å². The van der Waals surface area contributed by atoms with Gasteiger partial charge in [-0.25, -0.2) is 4.39 Å². The molecule has 4 saturated carbocycles. The first-order valence-electron chi connectivity index (χ1n) is 11.3. The van der Waals surface area contributed by atoms with E-state index < -0.39 is 34.8 Å². The van der Waals surface area contributed by atoms with E-state index in [1.807, 2.05) is 6.92 Å². The standard InChI is InChI=1S/C21H33ClFN3O5/c1-12-8-16(31-26-12)19(29)25-20-4-6-21(7-5-20,17(27)10-20)24-18(28)11-30-13-2-3-14(22)15(23)9-13/h12-17,26-27H,2-11H2,1H3,(H,24,28)(H,25,29)/t12?,13?,14?,15?,16?,17-,20?,21?/m0/s1. The maximum Gasteiger partial charge on any atom is 0.251 e. The maximum atomic E-state index is 13.8. The number of hydrogen-bond donors (Lipinski definition) is 4. The number of carbonyl (C=O) groups excluding carboxylic acids is 2. The molecule has 6 atom stereocenters. The lowest BCUT2D eigenvalue weighted by molar-refractivity contribution is -0.144. The van der Waals surface area contributed by atoms with Gasteiger partial charge in [-0.3, -0.25) is 14.4 Å². The molecule has 2 bridgehead atoms. The lowest BCUT2D eigenvalue weighted by Crippen LogP contribution is -2.70. The van der Waals surface area contributed by atoms with Crippen molar-refractivity contribution < 1.29 is 28.7 Å². The summed E-state index contributed by atoms with van der Waals surface area (Å²) in [4.78, 5) is 30.5. The average molecular weight is 462 g/mol. The van der Waals surface area contributed by atoms with Crippen molar-refractivity contribution in [3.05, 3.63) is 0 Å². The SMILES string of the molecule is CC1CC(C(=O)NC23CCC(NC(=O)COC4CCC(Cl)C(F)C4)(CC2)[C@@H](O)C3)ON1. The fourth-order valence-corrected chi connectivity index (χ4v) is 5.71. The van der Waals surface area contributed by atoms with Crippen molar-refractivity contribution >= 4 is 23.4 Å². The zero-order valence-corrected chi connectivity index (χ0v) is 18.6. The zero-order valence-electron chi connectivity index (χ0n) is 17.9. The molecular weight excluding hydrogens is 429 g/mol. The third kappa shape index (κ3) is 5.00. The van der Waals surface area contributed by atoms with Gasteiger partial charge < -0.3 is 20.5 Å². The summed E-state index contributed by atoms with van der Waals surface area (Å²) in [5.41, 5.74) is 1.64. The van der Waals surface area contributed by atoms with Crippen LogP contribution in [0.3, 0.4) is 0 Å². The highest BCUT2D eigenvalue weighted by Crippen LogP contribution is 2.47. The van der Waals surface area contributed by atoms with Gasteiger partial charge >= 0.3 is 0 Å². The fraction of sp³-hybridized carbons (Fsp3) is 0.905. The number of rotatable bonds is 6. The summed E-state index contributed by atoms with van der Waals surface area (Å²) >= 11 is 5.89. The van der Waals surface area contributed by atoms with Crippen LogP contribution in [0.4, 0.5) is 4.39 Å². The number of alkyl halides is 2. The summed E-state index contributed by atoms with van der Waals surface area (Å²) in [5.74, 6) is -0.464. The Hall–Kier alpha value is -1.00. The van der Waals surface area contributed by atoms with Gasteiger partial charge in [0.1, 0.15) is 12.8 Å². The van der Waals surface area contributed by atoms with Crippen molar-refractivity contribution in [3.63, 3.8) is 0 Å². The van der Waals surface area contributed by atoms with Gasteiger partial charge in [0.25, 0.3) is 5.91 Å². The monoisotopic (exact) mass is 461 g/mol. The van der Waals surface area contributed by atoms with Crippen molar-refractivity contribution in [3.8, 4) is 0 Å². The molecule has 10 heteroatoms. The highest BCUT2D eigenvalue weighted by Gasteiger charge is 2.55. The zero-order chi connectivity index (χ0) is 22.2. The van der Waals surface area contributed by atoms with Gasteiger partial charge in [0, 0.05) is 24.4 Å². The van der Waals surface area contributed by atoms with E-state index in [9.17, 15) is 19.1 Å². The molecular formula is C21H33ClFN3O5. The molecule has 0 radical (unpaired) electrons. The number of amides is 2. The minimum atomic E-state index is -1.11. The van der Waals surface area contributed by atoms with Gasteiger partial charge in [-0.15, -0.1) is 11.6 Å². The summed E-state index contributed by atoms with van der Waals surface area (Å²) in [6.07, 6.45) is 2.16. The lowest BCUT2D eigenvalue weighted by atomic mass is 9.60. The van der Waals surface area contributed by atoms with Crippen LogP contribution in [0.1, 0.15) is 64.7 Å². The Kier molecular flexibility index (Phi) is 6.80. The molecule has 0 aromatic carbocycles. The summed E-state index contributed by atoms with van der Waals surface area (Å²) < 4.78 is 19.4. The third-order valence-electron chi connectivity index (χ3n) is 7.46. The van der Waals surface area contributed by atoms with Crippen molar-refractivity contribution in [2.24, 2.45) is 0 Å². The van der Waals surface area contributed by atoms with E-state index in [1.165, 1.54) is 0 Å². The van der Waals surface area contributed by atoms with Gasteiger partial charge in [-0.1, -0.05) is 0 Å². The number of hydroxylamine groups is 1. The molecule has 0 aromatic rings. The van der Waals surface area contributed by atoms with E-state index in [0.29, 0.717) is 51.4 Å². The van der Waals surface area contributed by atoms with Crippen LogP contribution in [-0.4, -0.2) is 70.5 Å². The van der Waals surface area contributed by atoms with Crippen molar-refractivity contribution in [1.29, 1.82) is 0 Å². The molecule has 4 aliphatic carbocycles.